The van der Waals surface area contributed by atoms with E-state index >= 15 is 0 Å². The highest BCUT2D eigenvalue weighted by Gasteiger charge is 2.28. The van der Waals surface area contributed by atoms with E-state index in [1.54, 1.807) is 6.07 Å². The molecular formula is C15H15F2N3. The van der Waals surface area contributed by atoms with Gasteiger partial charge in [0.1, 0.15) is 23.3 Å². The third kappa shape index (κ3) is 2.48. The van der Waals surface area contributed by atoms with Gasteiger partial charge in [-0.1, -0.05) is 6.07 Å². The molecule has 3 rings (SSSR count). The molecule has 0 radical (unpaired) electrons. The van der Waals surface area contributed by atoms with E-state index in [1.807, 2.05) is 6.92 Å². The predicted octanol–water partition coefficient (Wildman–Crippen LogP) is 3.73. The van der Waals surface area contributed by atoms with E-state index in [0.717, 1.165) is 12.8 Å². The van der Waals surface area contributed by atoms with E-state index in [-0.39, 0.29) is 5.56 Å². The molecule has 104 valence electrons. The first-order valence-electron chi connectivity index (χ1n) is 6.76. The molecule has 0 bridgehead atoms. The Morgan fingerprint density at radius 2 is 1.90 bits per heavy atom. The maximum Gasteiger partial charge on any atom is 0.135 e. The number of benzene rings is 1. The van der Waals surface area contributed by atoms with Gasteiger partial charge in [0.05, 0.1) is 11.3 Å². The second-order valence-electron chi connectivity index (χ2n) is 4.90. The zero-order chi connectivity index (χ0) is 14.1. The third-order valence-corrected chi connectivity index (χ3v) is 3.26. The lowest BCUT2D eigenvalue weighted by Crippen LogP contribution is -2.05. The van der Waals surface area contributed by atoms with E-state index in [4.69, 9.17) is 0 Å². The Hall–Kier alpha value is -2.04. The average molecular weight is 275 g/mol. The van der Waals surface area contributed by atoms with Gasteiger partial charge in [-0.15, -0.1) is 0 Å². The summed E-state index contributed by atoms with van der Waals surface area (Å²) in [5.74, 6) is 0.395. The van der Waals surface area contributed by atoms with E-state index in [1.165, 1.54) is 18.2 Å². The third-order valence-electron chi connectivity index (χ3n) is 3.26. The minimum atomic E-state index is -0.604. The highest BCUT2D eigenvalue weighted by atomic mass is 19.1. The summed E-state index contributed by atoms with van der Waals surface area (Å²) in [7, 11) is 0. The molecule has 1 N–H and O–H groups in total. The van der Waals surface area contributed by atoms with Gasteiger partial charge in [-0.25, -0.2) is 18.7 Å². The van der Waals surface area contributed by atoms with Gasteiger partial charge in [0, 0.05) is 18.5 Å². The number of aromatic nitrogens is 2. The van der Waals surface area contributed by atoms with Gasteiger partial charge in [-0.3, -0.25) is 0 Å². The Bertz CT molecular complexity index is 619. The van der Waals surface area contributed by atoms with E-state index in [0.29, 0.717) is 29.8 Å². The number of hydrogen-bond acceptors (Lipinski definition) is 3. The van der Waals surface area contributed by atoms with Crippen LogP contribution in [-0.4, -0.2) is 16.5 Å². The van der Waals surface area contributed by atoms with Gasteiger partial charge >= 0.3 is 0 Å². The van der Waals surface area contributed by atoms with Crippen molar-refractivity contribution in [1.82, 2.24) is 9.97 Å². The zero-order valence-electron chi connectivity index (χ0n) is 11.2. The smallest absolute Gasteiger partial charge is 0.135 e. The fraction of sp³-hybridized carbons (Fsp3) is 0.333. The summed E-state index contributed by atoms with van der Waals surface area (Å²) in [6.45, 7) is 2.64. The second kappa shape index (κ2) is 5.15. The maximum absolute atomic E-state index is 13.9. The molecular weight excluding hydrogens is 260 g/mol. The number of anilines is 1. The highest BCUT2D eigenvalue weighted by molar-refractivity contribution is 5.64. The van der Waals surface area contributed by atoms with Gasteiger partial charge in [0.15, 0.2) is 0 Å². The maximum atomic E-state index is 13.9. The summed E-state index contributed by atoms with van der Waals surface area (Å²) in [5, 5.41) is 3.08. The van der Waals surface area contributed by atoms with Crippen LogP contribution in [0.3, 0.4) is 0 Å². The molecule has 0 aliphatic heterocycles. The quantitative estimate of drug-likeness (QED) is 0.923. The number of rotatable bonds is 4. The number of nitrogens with one attached hydrogen (secondary N) is 1. The molecule has 0 amide bonds. The van der Waals surface area contributed by atoms with Crippen molar-refractivity contribution in [1.29, 1.82) is 0 Å². The molecule has 0 saturated heterocycles. The Morgan fingerprint density at radius 1 is 1.20 bits per heavy atom. The molecule has 1 aromatic heterocycles. The van der Waals surface area contributed by atoms with Crippen molar-refractivity contribution in [3.05, 3.63) is 41.7 Å². The van der Waals surface area contributed by atoms with Gasteiger partial charge in [0.2, 0.25) is 0 Å². The molecule has 20 heavy (non-hydrogen) atoms. The zero-order valence-corrected chi connectivity index (χ0v) is 11.2. The molecule has 1 heterocycles. The monoisotopic (exact) mass is 275 g/mol. The molecule has 0 spiro atoms. The predicted molar refractivity (Wildman–Crippen MR) is 73.5 cm³/mol. The van der Waals surface area contributed by atoms with Crippen molar-refractivity contribution in [3.63, 3.8) is 0 Å². The average Bonchev–Trinajstić information content (AvgIpc) is 3.23. The number of nitrogens with zero attached hydrogens (tertiary/aromatic N) is 2. The largest absolute Gasteiger partial charge is 0.370 e. The highest BCUT2D eigenvalue weighted by Crippen LogP contribution is 2.39. The lowest BCUT2D eigenvalue weighted by atomic mass is 10.1. The van der Waals surface area contributed by atoms with Gasteiger partial charge in [-0.05, 0) is 31.9 Å². The van der Waals surface area contributed by atoms with Crippen LogP contribution < -0.4 is 5.32 Å². The topological polar surface area (TPSA) is 37.8 Å². The second-order valence-corrected chi connectivity index (χ2v) is 4.90. The van der Waals surface area contributed by atoms with Crippen molar-refractivity contribution in [2.24, 2.45) is 0 Å². The van der Waals surface area contributed by atoms with Gasteiger partial charge in [-0.2, -0.15) is 0 Å². The first kappa shape index (κ1) is 13.0. The van der Waals surface area contributed by atoms with Crippen molar-refractivity contribution >= 4 is 5.82 Å². The number of hydrogen-bond donors (Lipinski definition) is 1. The molecule has 0 atom stereocenters. The van der Waals surface area contributed by atoms with Gasteiger partial charge in [0.25, 0.3) is 0 Å². The molecule has 5 heteroatoms. The Kier molecular flexibility index (Phi) is 3.34. The minimum Gasteiger partial charge on any atom is -0.370 e. The van der Waals surface area contributed by atoms with Crippen molar-refractivity contribution in [2.75, 3.05) is 11.9 Å². The summed E-state index contributed by atoms with van der Waals surface area (Å²) in [6, 6.07) is 5.42. The van der Waals surface area contributed by atoms with E-state index in [9.17, 15) is 8.78 Å². The standard InChI is InChI=1S/C15H15F2N3/c1-2-18-13-8-12(19-15(20-13)9-6-7-9)14-10(16)4-3-5-11(14)17/h3-5,8-9H,2,6-7H2,1H3,(H,18,19,20). The first-order valence-corrected chi connectivity index (χ1v) is 6.76. The van der Waals surface area contributed by atoms with Crippen LogP contribution in [-0.2, 0) is 0 Å². The summed E-state index contributed by atoms with van der Waals surface area (Å²) < 4.78 is 27.8. The van der Waals surface area contributed by atoms with Crippen LogP contribution in [0, 0.1) is 11.6 Å². The van der Waals surface area contributed by atoms with Crippen LogP contribution in [0.5, 0.6) is 0 Å². The summed E-state index contributed by atoms with van der Waals surface area (Å²) >= 11 is 0. The molecule has 3 nitrogen and oxygen atoms in total. The molecule has 1 aromatic carbocycles. The fourth-order valence-electron chi connectivity index (χ4n) is 2.13. The van der Waals surface area contributed by atoms with Crippen LogP contribution in [0.4, 0.5) is 14.6 Å². The first-order chi connectivity index (χ1) is 9.69. The number of halogens is 2. The molecule has 1 saturated carbocycles. The van der Waals surface area contributed by atoms with E-state index in [2.05, 4.69) is 15.3 Å². The Morgan fingerprint density at radius 3 is 2.50 bits per heavy atom. The fourth-order valence-corrected chi connectivity index (χ4v) is 2.13. The summed E-state index contributed by atoms with van der Waals surface area (Å²) in [4.78, 5) is 8.74. The van der Waals surface area contributed by atoms with E-state index < -0.39 is 11.6 Å². The Balaban J connectivity index is 2.12. The van der Waals surface area contributed by atoms with Gasteiger partial charge < -0.3 is 5.32 Å². The van der Waals surface area contributed by atoms with Crippen molar-refractivity contribution in [3.8, 4) is 11.3 Å². The van der Waals surface area contributed by atoms with Crippen LogP contribution >= 0.6 is 0 Å². The Labute approximate surface area is 116 Å². The normalized spacial score (nSPS) is 14.3. The van der Waals surface area contributed by atoms with Crippen LogP contribution in [0.1, 0.15) is 31.5 Å². The molecule has 1 fully saturated rings. The van der Waals surface area contributed by atoms with Crippen molar-refractivity contribution < 1.29 is 8.78 Å². The van der Waals surface area contributed by atoms with Crippen LogP contribution in [0.15, 0.2) is 24.3 Å². The van der Waals surface area contributed by atoms with Crippen LogP contribution in [0.2, 0.25) is 0 Å². The molecule has 1 aliphatic carbocycles. The lowest BCUT2D eigenvalue weighted by Gasteiger charge is -2.10. The minimum absolute atomic E-state index is 0.0871. The SMILES string of the molecule is CCNc1cc(-c2c(F)cccc2F)nc(C2CC2)n1. The molecule has 1 aliphatic rings. The summed E-state index contributed by atoms with van der Waals surface area (Å²) in [5.41, 5.74) is 0.212. The van der Waals surface area contributed by atoms with Crippen LogP contribution in [0.25, 0.3) is 11.3 Å². The molecule has 2 aromatic rings. The lowest BCUT2D eigenvalue weighted by molar-refractivity contribution is 0.588. The summed E-state index contributed by atoms with van der Waals surface area (Å²) in [6.07, 6.45) is 2.07. The molecule has 0 unspecified atom stereocenters. The van der Waals surface area contributed by atoms with Crippen molar-refractivity contribution in [2.45, 2.75) is 25.7 Å².